The Kier molecular flexibility index (Phi) is 6.35. The molecule has 1 aromatic carbocycles. The summed E-state index contributed by atoms with van der Waals surface area (Å²) in [6.45, 7) is 2.13. The van der Waals surface area contributed by atoms with Gasteiger partial charge in [-0.05, 0) is 37.7 Å². The Morgan fingerprint density at radius 2 is 1.92 bits per heavy atom. The first kappa shape index (κ1) is 18.2. The van der Waals surface area contributed by atoms with Crippen molar-refractivity contribution >= 4 is 5.91 Å². The van der Waals surface area contributed by atoms with Gasteiger partial charge in [0.25, 0.3) is 0 Å². The van der Waals surface area contributed by atoms with Gasteiger partial charge in [-0.15, -0.1) is 0 Å². The third-order valence-electron chi connectivity index (χ3n) is 5.95. The van der Waals surface area contributed by atoms with Crippen LogP contribution in [0.5, 0.6) is 5.75 Å². The fourth-order valence-electron chi connectivity index (χ4n) is 4.38. The zero-order valence-electron chi connectivity index (χ0n) is 15.4. The van der Waals surface area contributed by atoms with E-state index in [2.05, 4.69) is 17.4 Å². The topological polar surface area (TPSA) is 47.6 Å². The van der Waals surface area contributed by atoms with Gasteiger partial charge in [-0.2, -0.15) is 0 Å². The molecule has 25 heavy (non-hydrogen) atoms. The minimum absolute atomic E-state index is 0.0902. The van der Waals surface area contributed by atoms with Crippen LogP contribution in [0.25, 0.3) is 0 Å². The standard InChI is InChI=1S/C21H31NO3/c1-24-19-10-6-5-9-18(19)21(11-13-25-14-12-21)16-22-20(23)15-17-7-3-2-4-8-17/h5-6,9-10,17H,2-4,7-8,11-16H2,1H3,(H,22,23). The van der Waals surface area contributed by atoms with E-state index in [0.717, 1.165) is 31.8 Å². The average Bonchev–Trinajstić information content (AvgIpc) is 2.68. The lowest BCUT2D eigenvalue weighted by Crippen LogP contribution is -2.45. The summed E-state index contributed by atoms with van der Waals surface area (Å²) >= 11 is 0. The van der Waals surface area contributed by atoms with E-state index in [1.54, 1.807) is 7.11 Å². The fraction of sp³-hybridized carbons (Fsp3) is 0.667. The first-order chi connectivity index (χ1) is 12.2. The molecule has 0 bridgehead atoms. The van der Waals surface area contributed by atoms with Gasteiger partial charge in [0.2, 0.25) is 5.91 Å². The lowest BCUT2D eigenvalue weighted by Gasteiger charge is -2.38. The molecule has 138 valence electrons. The molecular weight excluding hydrogens is 314 g/mol. The highest BCUT2D eigenvalue weighted by Gasteiger charge is 2.37. The number of hydrogen-bond donors (Lipinski definition) is 1. The van der Waals surface area contributed by atoms with Crippen LogP contribution < -0.4 is 10.1 Å². The number of ether oxygens (including phenoxy) is 2. The maximum absolute atomic E-state index is 12.5. The van der Waals surface area contributed by atoms with E-state index in [1.165, 1.54) is 37.7 Å². The summed E-state index contributed by atoms with van der Waals surface area (Å²) in [5.74, 6) is 1.68. The second-order valence-corrected chi connectivity index (χ2v) is 7.58. The van der Waals surface area contributed by atoms with Crippen molar-refractivity contribution in [2.45, 2.75) is 56.8 Å². The number of para-hydroxylation sites is 1. The van der Waals surface area contributed by atoms with Crippen molar-refractivity contribution in [3.63, 3.8) is 0 Å². The van der Waals surface area contributed by atoms with Crippen molar-refractivity contribution in [1.82, 2.24) is 5.32 Å². The number of carbonyl (C=O) groups is 1. The molecule has 1 amide bonds. The second-order valence-electron chi connectivity index (χ2n) is 7.58. The Labute approximate surface area is 151 Å². The van der Waals surface area contributed by atoms with Gasteiger partial charge in [-0.1, -0.05) is 37.5 Å². The predicted octanol–water partition coefficient (Wildman–Crippen LogP) is 3.83. The summed E-state index contributed by atoms with van der Waals surface area (Å²) in [5, 5.41) is 3.24. The van der Waals surface area contributed by atoms with Gasteiger partial charge in [0.1, 0.15) is 5.75 Å². The molecule has 2 aliphatic rings. The van der Waals surface area contributed by atoms with Crippen molar-refractivity contribution in [1.29, 1.82) is 0 Å². The zero-order valence-corrected chi connectivity index (χ0v) is 15.4. The van der Waals surface area contributed by atoms with Crippen molar-refractivity contribution in [2.75, 3.05) is 26.9 Å². The Balaban J connectivity index is 1.67. The molecule has 3 rings (SSSR count). The molecule has 0 aromatic heterocycles. The highest BCUT2D eigenvalue weighted by atomic mass is 16.5. The molecule has 0 radical (unpaired) electrons. The summed E-state index contributed by atoms with van der Waals surface area (Å²) in [7, 11) is 1.72. The molecule has 1 aliphatic heterocycles. The van der Waals surface area contributed by atoms with E-state index in [4.69, 9.17) is 9.47 Å². The highest BCUT2D eigenvalue weighted by molar-refractivity contribution is 5.76. The van der Waals surface area contributed by atoms with E-state index in [9.17, 15) is 4.79 Å². The summed E-state index contributed by atoms with van der Waals surface area (Å²) in [5.41, 5.74) is 1.10. The van der Waals surface area contributed by atoms with E-state index in [1.807, 2.05) is 12.1 Å². The van der Waals surface area contributed by atoms with Crippen LogP contribution in [0.15, 0.2) is 24.3 Å². The maximum Gasteiger partial charge on any atom is 0.220 e. The highest BCUT2D eigenvalue weighted by Crippen LogP contribution is 2.39. The Bertz CT molecular complexity index is 560. The van der Waals surface area contributed by atoms with Crippen molar-refractivity contribution in [2.24, 2.45) is 5.92 Å². The molecule has 1 saturated carbocycles. The molecule has 1 heterocycles. The summed E-state index contributed by atoms with van der Waals surface area (Å²) in [6.07, 6.45) is 8.81. The molecule has 0 atom stereocenters. The Morgan fingerprint density at radius 3 is 2.64 bits per heavy atom. The Morgan fingerprint density at radius 1 is 1.20 bits per heavy atom. The molecule has 0 unspecified atom stereocenters. The number of carbonyl (C=O) groups excluding carboxylic acids is 1. The first-order valence-electron chi connectivity index (χ1n) is 9.71. The van der Waals surface area contributed by atoms with Crippen LogP contribution in [0, 0.1) is 5.92 Å². The number of amides is 1. The van der Waals surface area contributed by atoms with E-state index >= 15 is 0 Å². The quantitative estimate of drug-likeness (QED) is 0.852. The normalized spacial score (nSPS) is 20.8. The van der Waals surface area contributed by atoms with Crippen LogP contribution in [-0.2, 0) is 14.9 Å². The minimum atomic E-state index is -0.0902. The van der Waals surface area contributed by atoms with Crippen LogP contribution in [0.1, 0.15) is 56.9 Å². The van der Waals surface area contributed by atoms with Crippen LogP contribution >= 0.6 is 0 Å². The third kappa shape index (κ3) is 4.55. The van der Waals surface area contributed by atoms with Crippen LogP contribution in [-0.4, -0.2) is 32.8 Å². The summed E-state index contributed by atoms with van der Waals surface area (Å²) in [4.78, 5) is 12.5. The summed E-state index contributed by atoms with van der Waals surface area (Å²) < 4.78 is 11.2. The largest absolute Gasteiger partial charge is 0.496 e. The van der Waals surface area contributed by atoms with Crippen LogP contribution in [0.3, 0.4) is 0 Å². The first-order valence-corrected chi connectivity index (χ1v) is 9.71. The average molecular weight is 345 g/mol. The van der Waals surface area contributed by atoms with Gasteiger partial charge < -0.3 is 14.8 Å². The zero-order chi connectivity index (χ0) is 17.5. The predicted molar refractivity (Wildman–Crippen MR) is 98.9 cm³/mol. The van der Waals surface area contributed by atoms with E-state index in [-0.39, 0.29) is 11.3 Å². The van der Waals surface area contributed by atoms with Crippen molar-refractivity contribution in [3.05, 3.63) is 29.8 Å². The van der Waals surface area contributed by atoms with Gasteiger partial charge in [0, 0.05) is 37.2 Å². The van der Waals surface area contributed by atoms with Gasteiger partial charge >= 0.3 is 0 Å². The van der Waals surface area contributed by atoms with E-state index in [0.29, 0.717) is 18.9 Å². The molecule has 4 heteroatoms. The van der Waals surface area contributed by atoms with Crippen LogP contribution in [0.4, 0.5) is 0 Å². The smallest absolute Gasteiger partial charge is 0.220 e. The molecule has 1 aromatic rings. The molecule has 1 N–H and O–H groups in total. The second kappa shape index (κ2) is 8.70. The SMILES string of the molecule is COc1ccccc1C1(CNC(=O)CC2CCCCC2)CCOCC1. The van der Waals surface area contributed by atoms with E-state index < -0.39 is 0 Å². The lowest BCUT2D eigenvalue weighted by molar-refractivity contribution is -0.122. The summed E-state index contributed by atoms with van der Waals surface area (Å²) in [6, 6.07) is 8.20. The van der Waals surface area contributed by atoms with Crippen molar-refractivity contribution < 1.29 is 14.3 Å². The maximum atomic E-state index is 12.5. The van der Waals surface area contributed by atoms with Gasteiger partial charge in [-0.3, -0.25) is 4.79 Å². The number of nitrogens with one attached hydrogen (secondary N) is 1. The van der Waals surface area contributed by atoms with Crippen molar-refractivity contribution in [3.8, 4) is 5.75 Å². The minimum Gasteiger partial charge on any atom is -0.496 e. The third-order valence-corrected chi connectivity index (χ3v) is 5.95. The Hall–Kier alpha value is -1.55. The number of benzene rings is 1. The molecule has 0 spiro atoms. The fourth-order valence-corrected chi connectivity index (χ4v) is 4.38. The lowest BCUT2D eigenvalue weighted by atomic mass is 9.73. The number of methoxy groups -OCH3 is 1. The van der Waals surface area contributed by atoms with Crippen LogP contribution in [0.2, 0.25) is 0 Å². The molecule has 1 saturated heterocycles. The molecule has 2 fully saturated rings. The van der Waals surface area contributed by atoms with Gasteiger partial charge in [-0.25, -0.2) is 0 Å². The number of rotatable bonds is 6. The van der Waals surface area contributed by atoms with Gasteiger partial charge in [0.05, 0.1) is 7.11 Å². The van der Waals surface area contributed by atoms with Gasteiger partial charge in [0.15, 0.2) is 0 Å². The molecular formula is C21H31NO3. The monoisotopic (exact) mass is 345 g/mol. The molecule has 1 aliphatic carbocycles. The number of hydrogen-bond acceptors (Lipinski definition) is 3. The molecule has 4 nitrogen and oxygen atoms in total.